The molecule has 11 heavy (non-hydrogen) atoms. The molecule has 0 aliphatic carbocycles. The van der Waals surface area contributed by atoms with Gasteiger partial charge in [0.05, 0.1) is 6.54 Å². The van der Waals surface area contributed by atoms with Crippen LogP contribution in [0.2, 0.25) is 0 Å². The minimum atomic E-state index is -0.0908. The molecule has 1 aliphatic heterocycles. The summed E-state index contributed by atoms with van der Waals surface area (Å²) < 4.78 is 0. The minimum absolute atomic E-state index is 0.0799. The van der Waals surface area contributed by atoms with Gasteiger partial charge in [-0.25, -0.2) is 5.01 Å². The van der Waals surface area contributed by atoms with E-state index in [4.69, 9.17) is 5.73 Å². The third-order valence-corrected chi connectivity index (χ3v) is 1.82. The first kappa shape index (κ1) is 8.49. The maximum absolute atomic E-state index is 10.8. The van der Waals surface area contributed by atoms with Crippen LogP contribution in [-0.2, 0) is 4.79 Å². The van der Waals surface area contributed by atoms with E-state index in [0.29, 0.717) is 0 Å². The summed E-state index contributed by atoms with van der Waals surface area (Å²) in [4.78, 5) is 10.8. The van der Waals surface area contributed by atoms with Crippen molar-refractivity contribution in [2.45, 2.75) is 19.3 Å². The Morgan fingerprint density at radius 1 is 1.36 bits per heavy atom. The highest BCUT2D eigenvalue weighted by atomic mass is 16.2. The first-order valence-corrected chi connectivity index (χ1v) is 4.07. The number of amides is 1. The highest BCUT2D eigenvalue weighted by Gasteiger charge is 2.10. The van der Waals surface area contributed by atoms with E-state index in [1.165, 1.54) is 19.3 Å². The van der Waals surface area contributed by atoms with Gasteiger partial charge in [-0.1, -0.05) is 6.42 Å². The minimum Gasteiger partial charge on any atom is -0.322 e. The van der Waals surface area contributed by atoms with Gasteiger partial charge >= 0.3 is 0 Å². The maximum Gasteiger partial charge on any atom is 0.248 e. The average molecular weight is 157 g/mol. The summed E-state index contributed by atoms with van der Waals surface area (Å²) in [5.41, 5.74) is 7.89. The van der Waals surface area contributed by atoms with Gasteiger partial charge < -0.3 is 5.73 Å². The van der Waals surface area contributed by atoms with Crippen LogP contribution in [0.15, 0.2) is 0 Å². The van der Waals surface area contributed by atoms with Crippen LogP contribution in [0.3, 0.4) is 0 Å². The van der Waals surface area contributed by atoms with E-state index in [1.54, 1.807) is 0 Å². The lowest BCUT2D eigenvalue weighted by Gasteiger charge is -2.26. The van der Waals surface area contributed by atoms with Crippen molar-refractivity contribution in [3.63, 3.8) is 0 Å². The Kier molecular flexibility index (Phi) is 3.32. The number of piperidine rings is 1. The molecule has 0 unspecified atom stereocenters. The Labute approximate surface area is 66.7 Å². The maximum atomic E-state index is 10.8. The molecule has 0 aromatic rings. The zero-order valence-electron chi connectivity index (χ0n) is 6.68. The molecule has 0 aromatic carbocycles. The van der Waals surface area contributed by atoms with Crippen LogP contribution in [0.1, 0.15) is 19.3 Å². The van der Waals surface area contributed by atoms with Gasteiger partial charge in [0.25, 0.3) is 0 Å². The molecule has 1 heterocycles. The number of nitrogens with one attached hydrogen (secondary N) is 1. The SMILES string of the molecule is NCC(=O)NN1CCCCC1. The van der Waals surface area contributed by atoms with Gasteiger partial charge in [-0.3, -0.25) is 10.2 Å². The molecule has 3 N–H and O–H groups in total. The van der Waals surface area contributed by atoms with Gasteiger partial charge in [0.1, 0.15) is 0 Å². The number of nitrogens with zero attached hydrogens (tertiary/aromatic N) is 1. The fraction of sp³-hybridized carbons (Fsp3) is 0.857. The molecule has 1 saturated heterocycles. The summed E-state index contributed by atoms with van der Waals surface area (Å²) in [6.07, 6.45) is 3.62. The molecule has 1 rings (SSSR count). The summed E-state index contributed by atoms with van der Waals surface area (Å²) in [5.74, 6) is -0.0908. The lowest BCUT2D eigenvalue weighted by molar-refractivity contribution is -0.124. The third kappa shape index (κ3) is 2.86. The number of hydrogen-bond donors (Lipinski definition) is 2. The zero-order chi connectivity index (χ0) is 8.10. The van der Waals surface area contributed by atoms with E-state index in [1.807, 2.05) is 5.01 Å². The summed E-state index contributed by atoms with van der Waals surface area (Å²) in [6.45, 7) is 2.01. The predicted molar refractivity (Wildman–Crippen MR) is 42.6 cm³/mol. The second kappa shape index (κ2) is 4.31. The molecule has 1 amide bonds. The molecule has 4 nitrogen and oxygen atoms in total. The number of carbonyl (C=O) groups excluding carboxylic acids is 1. The van der Waals surface area contributed by atoms with Gasteiger partial charge in [0.2, 0.25) is 5.91 Å². The zero-order valence-corrected chi connectivity index (χ0v) is 6.68. The summed E-state index contributed by atoms with van der Waals surface area (Å²) in [7, 11) is 0. The van der Waals surface area contributed by atoms with E-state index in [2.05, 4.69) is 5.43 Å². The number of rotatable bonds is 2. The third-order valence-electron chi connectivity index (χ3n) is 1.82. The molecule has 0 spiro atoms. The van der Waals surface area contributed by atoms with Crippen molar-refractivity contribution in [1.29, 1.82) is 0 Å². The Morgan fingerprint density at radius 2 is 2.00 bits per heavy atom. The van der Waals surface area contributed by atoms with E-state index in [9.17, 15) is 4.79 Å². The summed E-state index contributed by atoms with van der Waals surface area (Å²) in [6, 6.07) is 0. The molecule has 1 fully saturated rings. The lowest BCUT2D eigenvalue weighted by atomic mass is 10.2. The molecule has 64 valence electrons. The van der Waals surface area contributed by atoms with Crippen LogP contribution in [-0.4, -0.2) is 30.6 Å². The fourth-order valence-electron chi connectivity index (χ4n) is 1.23. The first-order chi connectivity index (χ1) is 5.33. The van der Waals surface area contributed by atoms with Crippen LogP contribution in [0.25, 0.3) is 0 Å². The van der Waals surface area contributed by atoms with E-state index in [0.717, 1.165) is 13.1 Å². The Hall–Kier alpha value is -0.610. The van der Waals surface area contributed by atoms with E-state index >= 15 is 0 Å². The molecule has 0 aromatic heterocycles. The molecule has 1 aliphatic rings. The number of carbonyl (C=O) groups is 1. The first-order valence-electron chi connectivity index (χ1n) is 4.07. The van der Waals surface area contributed by atoms with Crippen LogP contribution in [0.5, 0.6) is 0 Å². The van der Waals surface area contributed by atoms with Crippen LogP contribution < -0.4 is 11.2 Å². The average Bonchev–Trinajstić information content (AvgIpc) is 2.06. The van der Waals surface area contributed by atoms with Crippen molar-refractivity contribution in [2.75, 3.05) is 19.6 Å². The van der Waals surface area contributed by atoms with E-state index in [-0.39, 0.29) is 12.5 Å². The van der Waals surface area contributed by atoms with Crippen molar-refractivity contribution < 1.29 is 4.79 Å². The smallest absolute Gasteiger partial charge is 0.248 e. The largest absolute Gasteiger partial charge is 0.322 e. The molecule has 0 saturated carbocycles. The molecule has 0 atom stereocenters. The monoisotopic (exact) mass is 157 g/mol. The van der Waals surface area contributed by atoms with Gasteiger partial charge in [0.15, 0.2) is 0 Å². The predicted octanol–water partition coefficient (Wildman–Crippen LogP) is -0.538. The molecular formula is C7H15N3O. The Morgan fingerprint density at radius 3 is 2.55 bits per heavy atom. The number of nitrogens with two attached hydrogens (primary N) is 1. The lowest BCUT2D eigenvalue weighted by Crippen LogP contribution is -2.47. The van der Waals surface area contributed by atoms with Gasteiger partial charge in [0, 0.05) is 13.1 Å². The number of hydrogen-bond acceptors (Lipinski definition) is 3. The fourth-order valence-corrected chi connectivity index (χ4v) is 1.23. The summed E-state index contributed by atoms with van der Waals surface area (Å²) in [5, 5.41) is 1.94. The topological polar surface area (TPSA) is 58.4 Å². The van der Waals surface area contributed by atoms with Crippen molar-refractivity contribution in [2.24, 2.45) is 5.73 Å². The highest BCUT2D eigenvalue weighted by Crippen LogP contribution is 2.05. The van der Waals surface area contributed by atoms with Crippen LogP contribution in [0.4, 0.5) is 0 Å². The standard InChI is InChI=1S/C7H15N3O/c8-6-7(11)9-10-4-2-1-3-5-10/h1-6,8H2,(H,9,11). The van der Waals surface area contributed by atoms with Gasteiger partial charge in [-0.2, -0.15) is 0 Å². The van der Waals surface area contributed by atoms with Crippen molar-refractivity contribution in [3.8, 4) is 0 Å². The van der Waals surface area contributed by atoms with Gasteiger partial charge in [-0.15, -0.1) is 0 Å². The normalized spacial score (nSPS) is 19.7. The summed E-state index contributed by atoms with van der Waals surface area (Å²) >= 11 is 0. The van der Waals surface area contributed by atoms with Crippen LogP contribution in [0, 0.1) is 0 Å². The highest BCUT2D eigenvalue weighted by molar-refractivity contribution is 5.77. The molecular weight excluding hydrogens is 142 g/mol. The second-order valence-electron chi connectivity index (χ2n) is 2.79. The van der Waals surface area contributed by atoms with Crippen molar-refractivity contribution in [3.05, 3.63) is 0 Å². The quantitative estimate of drug-likeness (QED) is 0.566. The second-order valence-corrected chi connectivity index (χ2v) is 2.79. The van der Waals surface area contributed by atoms with E-state index < -0.39 is 0 Å². The molecule has 0 bridgehead atoms. The van der Waals surface area contributed by atoms with Crippen molar-refractivity contribution in [1.82, 2.24) is 10.4 Å². The van der Waals surface area contributed by atoms with Crippen LogP contribution >= 0.6 is 0 Å². The Bertz CT molecular complexity index is 132. The van der Waals surface area contributed by atoms with Crippen molar-refractivity contribution >= 4 is 5.91 Å². The molecule has 0 radical (unpaired) electrons. The molecule has 4 heteroatoms. The Balaban J connectivity index is 2.19. The van der Waals surface area contributed by atoms with Gasteiger partial charge in [-0.05, 0) is 12.8 Å². The number of hydrazine groups is 1.